The Morgan fingerprint density at radius 3 is 2.33 bits per heavy atom. The molecule has 36 valence electrons. The van der Waals surface area contributed by atoms with Gasteiger partial charge in [-0.2, -0.15) is 0 Å². The van der Waals surface area contributed by atoms with Gasteiger partial charge in [0.05, 0.1) is 0 Å². The number of hydrogen-bond donors (Lipinski definition) is 0. The highest BCUT2D eigenvalue weighted by Crippen LogP contribution is 2.04. The Morgan fingerprint density at radius 2 is 2.33 bits per heavy atom. The summed E-state index contributed by atoms with van der Waals surface area (Å²) in [6.07, 6.45) is 2.05. The van der Waals surface area contributed by atoms with E-state index in [-0.39, 0.29) is 0 Å². The number of halogens is 1. The molecule has 0 unspecified atom stereocenters. The first-order chi connectivity index (χ1) is 2.77. The van der Waals surface area contributed by atoms with Crippen molar-refractivity contribution in [1.29, 1.82) is 0 Å². The summed E-state index contributed by atoms with van der Waals surface area (Å²) in [7, 11) is 0. The molecular weight excluding hydrogens is 95.5 g/mol. The quantitative estimate of drug-likeness (QED) is 0.505. The number of hydrogen-bond acceptors (Lipinski definition) is 0. The normalized spacial score (nSPS) is 8.33. The summed E-state index contributed by atoms with van der Waals surface area (Å²) in [5.41, 5.74) is 0. The van der Waals surface area contributed by atoms with Gasteiger partial charge in [-0.1, -0.05) is 31.5 Å². The minimum Gasteiger partial charge on any atom is -0.0898 e. The Bertz CT molecular complexity index is 47.9. The summed E-state index contributed by atoms with van der Waals surface area (Å²) in [6.45, 7) is 5.59. The maximum Gasteiger partial charge on any atom is 0.0109 e. The predicted octanol–water partition coefficient (Wildman–Crippen LogP) is 2.54. The van der Waals surface area contributed by atoms with Gasteiger partial charge in [0.1, 0.15) is 0 Å². The molecule has 0 saturated carbocycles. The SMILES string of the molecule is C=C(Cl)CCC. The van der Waals surface area contributed by atoms with Crippen LogP contribution in [0.15, 0.2) is 11.6 Å². The minimum absolute atomic E-state index is 0.762. The minimum atomic E-state index is 0.762. The molecule has 0 bridgehead atoms. The van der Waals surface area contributed by atoms with E-state index in [1.54, 1.807) is 0 Å². The zero-order valence-electron chi connectivity index (χ0n) is 4.00. The van der Waals surface area contributed by atoms with Crippen LogP contribution in [0.1, 0.15) is 19.8 Å². The van der Waals surface area contributed by atoms with Crippen LogP contribution < -0.4 is 0 Å². The van der Waals surface area contributed by atoms with E-state index in [0.29, 0.717) is 0 Å². The van der Waals surface area contributed by atoms with Gasteiger partial charge in [-0.25, -0.2) is 0 Å². The third kappa shape index (κ3) is 4.03. The average molecular weight is 105 g/mol. The van der Waals surface area contributed by atoms with E-state index in [9.17, 15) is 0 Å². The fourth-order valence-corrected chi connectivity index (χ4v) is 0.460. The molecule has 0 aliphatic carbocycles. The largest absolute Gasteiger partial charge is 0.0898 e. The smallest absolute Gasteiger partial charge is 0.0109 e. The molecule has 0 aliphatic heterocycles. The summed E-state index contributed by atoms with van der Waals surface area (Å²) in [5, 5.41) is 0.762. The average Bonchev–Trinajstić information content (AvgIpc) is 1.35. The molecule has 0 N–H and O–H groups in total. The summed E-state index contributed by atoms with van der Waals surface area (Å²) in [4.78, 5) is 0. The van der Waals surface area contributed by atoms with Crippen LogP contribution in [0.2, 0.25) is 0 Å². The van der Waals surface area contributed by atoms with E-state index in [1.807, 2.05) is 0 Å². The summed E-state index contributed by atoms with van der Waals surface area (Å²) >= 11 is 5.38. The van der Waals surface area contributed by atoms with Crippen LogP contribution in [0.25, 0.3) is 0 Å². The van der Waals surface area contributed by atoms with Crippen molar-refractivity contribution in [2.75, 3.05) is 0 Å². The molecule has 0 fully saturated rings. The Morgan fingerprint density at radius 1 is 1.83 bits per heavy atom. The van der Waals surface area contributed by atoms with Gasteiger partial charge in [0.25, 0.3) is 0 Å². The molecule has 0 atom stereocenters. The topological polar surface area (TPSA) is 0 Å². The van der Waals surface area contributed by atoms with Crippen LogP contribution in [0.3, 0.4) is 0 Å². The maximum atomic E-state index is 5.38. The zero-order chi connectivity index (χ0) is 4.99. The lowest BCUT2D eigenvalue weighted by Gasteiger charge is -1.84. The molecule has 0 nitrogen and oxygen atoms in total. The highest BCUT2D eigenvalue weighted by Gasteiger charge is 1.79. The Hall–Kier alpha value is 0.0300. The van der Waals surface area contributed by atoms with Gasteiger partial charge in [-0.05, 0) is 6.42 Å². The Labute approximate surface area is 43.8 Å². The highest BCUT2D eigenvalue weighted by atomic mass is 35.5. The molecule has 0 aromatic heterocycles. The van der Waals surface area contributed by atoms with Gasteiger partial charge in [0.2, 0.25) is 0 Å². The zero-order valence-corrected chi connectivity index (χ0v) is 4.76. The molecule has 0 rings (SSSR count). The van der Waals surface area contributed by atoms with Crippen LogP contribution in [-0.2, 0) is 0 Å². The fraction of sp³-hybridized carbons (Fsp3) is 0.600. The predicted molar refractivity (Wildman–Crippen MR) is 29.9 cm³/mol. The molecule has 0 aromatic carbocycles. The van der Waals surface area contributed by atoms with E-state index >= 15 is 0 Å². The van der Waals surface area contributed by atoms with E-state index in [4.69, 9.17) is 11.6 Å². The number of allylic oxidation sites excluding steroid dienone is 1. The molecule has 0 amide bonds. The molecule has 6 heavy (non-hydrogen) atoms. The second-order valence-electron chi connectivity index (χ2n) is 1.27. The van der Waals surface area contributed by atoms with Crippen molar-refractivity contribution in [3.05, 3.63) is 11.6 Å². The monoisotopic (exact) mass is 104 g/mol. The van der Waals surface area contributed by atoms with Crippen molar-refractivity contribution in [2.24, 2.45) is 0 Å². The van der Waals surface area contributed by atoms with Gasteiger partial charge in [-0.3, -0.25) is 0 Å². The van der Waals surface area contributed by atoms with E-state index in [0.717, 1.165) is 17.9 Å². The third-order valence-electron chi connectivity index (χ3n) is 0.521. The first kappa shape index (κ1) is 6.03. The lowest BCUT2D eigenvalue weighted by molar-refractivity contribution is 0.948. The molecule has 0 saturated heterocycles. The Kier molecular flexibility index (Phi) is 3.24. The number of rotatable bonds is 2. The van der Waals surface area contributed by atoms with Crippen LogP contribution in [0, 0.1) is 0 Å². The van der Waals surface area contributed by atoms with Crippen molar-refractivity contribution in [1.82, 2.24) is 0 Å². The highest BCUT2D eigenvalue weighted by molar-refractivity contribution is 6.29. The molecule has 0 aliphatic rings. The van der Waals surface area contributed by atoms with Crippen molar-refractivity contribution in [3.63, 3.8) is 0 Å². The van der Waals surface area contributed by atoms with Gasteiger partial charge in [0, 0.05) is 5.03 Å². The maximum absolute atomic E-state index is 5.38. The van der Waals surface area contributed by atoms with Gasteiger partial charge in [-0.15, -0.1) is 0 Å². The van der Waals surface area contributed by atoms with Gasteiger partial charge in [0.15, 0.2) is 0 Å². The van der Waals surface area contributed by atoms with Crippen molar-refractivity contribution < 1.29 is 0 Å². The lowest BCUT2D eigenvalue weighted by atomic mass is 10.3. The molecule has 0 heterocycles. The standard InChI is InChI=1S/C5H9Cl/c1-3-4-5(2)6/h2-4H2,1H3. The Balaban J connectivity index is 2.83. The molecule has 0 aromatic rings. The van der Waals surface area contributed by atoms with Crippen LogP contribution in [0.5, 0.6) is 0 Å². The summed E-state index contributed by atoms with van der Waals surface area (Å²) in [5.74, 6) is 0. The summed E-state index contributed by atoms with van der Waals surface area (Å²) in [6, 6.07) is 0. The van der Waals surface area contributed by atoms with Gasteiger partial charge < -0.3 is 0 Å². The second kappa shape index (κ2) is 3.23. The van der Waals surface area contributed by atoms with E-state index in [2.05, 4.69) is 13.5 Å². The fourth-order valence-electron chi connectivity index (χ4n) is 0.271. The molecule has 0 radical (unpaired) electrons. The van der Waals surface area contributed by atoms with Crippen molar-refractivity contribution in [3.8, 4) is 0 Å². The molecule has 0 spiro atoms. The second-order valence-corrected chi connectivity index (χ2v) is 1.80. The lowest BCUT2D eigenvalue weighted by Crippen LogP contribution is -1.62. The van der Waals surface area contributed by atoms with Crippen LogP contribution in [-0.4, -0.2) is 0 Å². The van der Waals surface area contributed by atoms with Crippen LogP contribution >= 0.6 is 11.6 Å². The van der Waals surface area contributed by atoms with E-state index < -0.39 is 0 Å². The molecule has 1 heteroatoms. The van der Waals surface area contributed by atoms with Crippen molar-refractivity contribution in [2.45, 2.75) is 19.8 Å². The van der Waals surface area contributed by atoms with E-state index in [1.165, 1.54) is 0 Å². The molecular formula is C5H9Cl. The third-order valence-corrected chi connectivity index (χ3v) is 0.710. The summed E-state index contributed by atoms with van der Waals surface area (Å²) < 4.78 is 0. The van der Waals surface area contributed by atoms with Crippen LogP contribution in [0.4, 0.5) is 0 Å². The first-order valence-corrected chi connectivity index (χ1v) is 2.48. The van der Waals surface area contributed by atoms with Crippen molar-refractivity contribution >= 4 is 11.6 Å². The first-order valence-electron chi connectivity index (χ1n) is 2.10. The van der Waals surface area contributed by atoms with Gasteiger partial charge >= 0.3 is 0 Å².